The molecule has 0 fully saturated rings. The van der Waals surface area contributed by atoms with Crippen LogP contribution in [0.3, 0.4) is 0 Å². The average Bonchev–Trinajstić information content (AvgIpc) is 2.25. The zero-order valence-corrected chi connectivity index (χ0v) is 10.2. The Kier molecular flexibility index (Phi) is 4.34. The highest BCUT2D eigenvalue weighted by molar-refractivity contribution is 9.10. The molecule has 1 N–H and O–H groups in total. The van der Waals surface area contributed by atoms with E-state index in [9.17, 15) is 18.0 Å². The van der Waals surface area contributed by atoms with Crippen molar-refractivity contribution in [2.75, 3.05) is 0 Å². The van der Waals surface area contributed by atoms with Gasteiger partial charge in [-0.15, -0.1) is 6.58 Å². The van der Waals surface area contributed by atoms with E-state index in [1.54, 1.807) is 24.3 Å². The molecular formula is C11H9BrF3NO. The summed E-state index contributed by atoms with van der Waals surface area (Å²) in [6.45, 7) is 3.40. The molecule has 0 aliphatic heterocycles. The number of amides is 1. The zero-order valence-electron chi connectivity index (χ0n) is 8.59. The minimum absolute atomic E-state index is 0.529. The lowest BCUT2D eigenvalue weighted by atomic mass is 10.1. The lowest BCUT2D eigenvalue weighted by molar-refractivity contribution is -0.174. The van der Waals surface area contributed by atoms with E-state index in [-0.39, 0.29) is 0 Å². The molecule has 1 aromatic rings. The molecule has 0 aliphatic rings. The van der Waals surface area contributed by atoms with Crippen molar-refractivity contribution >= 4 is 21.8 Å². The van der Waals surface area contributed by atoms with Gasteiger partial charge in [0, 0.05) is 4.47 Å². The third kappa shape index (κ3) is 3.89. The van der Waals surface area contributed by atoms with Gasteiger partial charge in [0.1, 0.15) is 0 Å². The first kappa shape index (κ1) is 13.8. The Labute approximate surface area is 105 Å². The van der Waals surface area contributed by atoms with Crippen molar-refractivity contribution in [1.29, 1.82) is 0 Å². The van der Waals surface area contributed by atoms with Gasteiger partial charge in [-0.3, -0.25) is 4.79 Å². The van der Waals surface area contributed by atoms with Gasteiger partial charge in [0.25, 0.3) is 0 Å². The summed E-state index contributed by atoms with van der Waals surface area (Å²) in [7, 11) is 0. The molecule has 0 saturated heterocycles. The second-order valence-corrected chi connectivity index (χ2v) is 4.15. The molecule has 2 nitrogen and oxygen atoms in total. The normalized spacial score (nSPS) is 12.9. The molecule has 1 aromatic carbocycles. The third-order valence-corrected chi connectivity index (χ3v) is 2.54. The van der Waals surface area contributed by atoms with Crippen molar-refractivity contribution in [3.8, 4) is 0 Å². The molecule has 0 heterocycles. The number of benzene rings is 1. The van der Waals surface area contributed by atoms with Crippen LogP contribution in [0.2, 0.25) is 0 Å². The molecule has 0 aromatic heterocycles. The monoisotopic (exact) mass is 307 g/mol. The van der Waals surface area contributed by atoms with Gasteiger partial charge in [-0.05, 0) is 17.7 Å². The second kappa shape index (κ2) is 5.35. The number of carbonyl (C=O) groups excluding carboxylic acids is 1. The summed E-state index contributed by atoms with van der Waals surface area (Å²) in [5, 5.41) is 1.85. The number of carbonyl (C=O) groups is 1. The van der Waals surface area contributed by atoms with Gasteiger partial charge in [-0.1, -0.05) is 34.1 Å². The molecule has 1 amide bonds. The minimum Gasteiger partial charge on any atom is -0.338 e. The summed E-state index contributed by atoms with van der Waals surface area (Å²) in [5.41, 5.74) is 0.529. The fraction of sp³-hybridized carbons (Fsp3) is 0.182. The van der Waals surface area contributed by atoms with Crippen LogP contribution in [0.15, 0.2) is 41.4 Å². The summed E-state index contributed by atoms with van der Waals surface area (Å²) >= 11 is 3.21. The molecule has 0 aliphatic carbocycles. The lowest BCUT2D eigenvalue weighted by Crippen LogP contribution is -2.38. The van der Waals surface area contributed by atoms with Gasteiger partial charge in [-0.25, -0.2) is 0 Å². The van der Waals surface area contributed by atoms with E-state index in [0.717, 1.165) is 4.47 Å². The second-order valence-electron chi connectivity index (χ2n) is 3.24. The number of hydrogen-bond acceptors (Lipinski definition) is 1. The molecule has 6 heteroatoms. The van der Waals surface area contributed by atoms with Crippen LogP contribution >= 0.6 is 15.9 Å². The molecule has 1 rings (SSSR count). The smallest absolute Gasteiger partial charge is 0.338 e. The van der Waals surface area contributed by atoms with Crippen LogP contribution in [0.4, 0.5) is 13.2 Å². The highest BCUT2D eigenvalue weighted by Crippen LogP contribution is 2.21. The van der Waals surface area contributed by atoms with E-state index in [1.807, 2.05) is 5.32 Å². The Morgan fingerprint density at radius 1 is 1.35 bits per heavy atom. The Morgan fingerprint density at radius 3 is 2.29 bits per heavy atom. The largest absolute Gasteiger partial charge is 0.471 e. The molecule has 0 radical (unpaired) electrons. The first-order valence-corrected chi connectivity index (χ1v) is 5.39. The summed E-state index contributed by atoms with van der Waals surface area (Å²) in [4.78, 5) is 10.8. The van der Waals surface area contributed by atoms with Crippen LogP contribution in [0.25, 0.3) is 0 Å². The van der Waals surface area contributed by atoms with Crippen molar-refractivity contribution in [2.45, 2.75) is 12.2 Å². The van der Waals surface area contributed by atoms with Crippen molar-refractivity contribution in [2.24, 2.45) is 0 Å². The van der Waals surface area contributed by atoms with Gasteiger partial charge in [0.15, 0.2) is 0 Å². The summed E-state index contributed by atoms with van der Waals surface area (Å²) in [5.74, 6) is -1.98. The minimum atomic E-state index is -4.89. The Balaban J connectivity index is 2.83. The number of halogens is 4. The fourth-order valence-electron chi connectivity index (χ4n) is 1.17. The highest BCUT2D eigenvalue weighted by atomic mass is 79.9. The number of rotatable bonds is 3. The van der Waals surface area contributed by atoms with E-state index in [4.69, 9.17) is 0 Å². The molecule has 92 valence electrons. The molecule has 17 heavy (non-hydrogen) atoms. The zero-order chi connectivity index (χ0) is 13.1. The third-order valence-electron chi connectivity index (χ3n) is 2.01. The standard InChI is InChI=1S/C11H9BrF3NO/c1-2-9(16-10(17)11(13,14)15)7-3-5-8(12)6-4-7/h2-6,9H,1H2,(H,16,17)/t9-/m0/s1. The van der Waals surface area contributed by atoms with Crippen LogP contribution in [0.5, 0.6) is 0 Å². The van der Waals surface area contributed by atoms with Crippen LogP contribution in [-0.2, 0) is 4.79 Å². The van der Waals surface area contributed by atoms with Crippen molar-refractivity contribution in [1.82, 2.24) is 5.32 Å². The predicted octanol–water partition coefficient (Wildman–Crippen LogP) is 3.35. The van der Waals surface area contributed by atoms with E-state index in [1.165, 1.54) is 6.08 Å². The van der Waals surface area contributed by atoms with Gasteiger partial charge in [0.05, 0.1) is 6.04 Å². The van der Waals surface area contributed by atoms with E-state index in [0.29, 0.717) is 5.56 Å². The number of alkyl halides is 3. The predicted molar refractivity (Wildman–Crippen MR) is 61.3 cm³/mol. The van der Waals surface area contributed by atoms with Crippen molar-refractivity contribution in [3.63, 3.8) is 0 Å². The van der Waals surface area contributed by atoms with Crippen molar-refractivity contribution in [3.05, 3.63) is 47.0 Å². The molecular weight excluding hydrogens is 299 g/mol. The Morgan fingerprint density at radius 2 is 1.88 bits per heavy atom. The SMILES string of the molecule is C=C[C@H](NC(=O)C(F)(F)F)c1ccc(Br)cc1. The van der Waals surface area contributed by atoms with E-state index in [2.05, 4.69) is 22.5 Å². The highest BCUT2D eigenvalue weighted by Gasteiger charge is 2.39. The summed E-state index contributed by atoms with van der Waals surface area (Å²) in [6, 6.07) is 5.69. The number of nitrogens with one attached hydrogen (secondary N) is 1. The topological polar surface area (TPSA) is 29.1 Å². The Hall–Kier alpha value is -1.30. The molecule has 0 unspecified atom stereocenters. The maximum Gasteiger partial charge on any atom is 0.471 e. The molecule has 1 atom stereocenters. The van der Waals surface area contributed by atoms with Gasteiger partial charge < -0.3 is 5.32 Å². The van der Waals surface area contributed by atoms with E-state index >= 15 is 0 Å². The quantitative estimate of drug-likeness (QED) is 0.853. The first-order valence-electron chi connectivity index (χ1n) is 4.60. The molecule has 0 bridgehead atoms. The van der Waals surface area contributed by atoms with Crippen LogP contribution < -0.4 is 5.32 Å². The molecule has 0 saturated carbocycles. The van der Waals surface area contributed by atoms with Crippen LogP contribution in [0, 0.1) is 0 Å². The fourth-order valence-corrected chi connectivity index (χ4v) is 1.44. The van der Waals surface area contributed by atoms with E-state index < -0.39 is 18.1 Å². The first-order chi connectivity index (χ1) is 7.84. The average molecular weight is 308 g/mol. The maximum absolute atomic E-state index is 12.1. The molecule has 0 spiro atoms. The Bertz CT molecular complexity index is 414. The van der Waals surface area contributed by atoms with Crippen molar-refractivity contribution < 1.29 is 18.0 Å². The number of hydrogen-bond donors (Lipinski definition) is 1. The van der Waals surface area contributed by atoms with Gasteiger partial charge in [0.2, 0.25) is 0 Å². The van der Waals surface area contributed by atoms with Gasteiger partial charge in [-0.2, -0.15) is 13.2 Å². The maximum atomic E-state index is 12.1. The van der Waals surface area contributed by atoms with Crippen LogP contribution in [-0.4, -0.2) is 12.1 Å². The van der Waals surface area contributed by atoms with Gasteiger partial charge >= 0.3 is 12.1 Å². The summed E-state index contributed by atoms with van der Waals surface area (Å²) in [6.07, 6.45) is -3.65. The lowest BCUT2D eigenvalue weighted by Gasteiger charge is -2.16. The summed E-state index contributed by atoms with van der Waals surface area (Å²) < 4.78 is 37.0. The van der Waals surface area contributed by atoms with Crippen LogP contribution in [0.1, 0.15) is 11.6 Å².